The van der Waals surface area contributed by atoms with Crippen molar-refractivity contribution in [3.05, 3.63) is 10.6 Å². The van der Waals surface area contributed by atoms with Crippen LogP contribution in [0.25, 0.3) is 0 Å². The predicted octanol–water partition coefficient (Wildman–Crippen LogP) is 4.13. The summed E-state index contributed by atoms with van der Waals surface area (Å²) >= 11 is 5.31. The third kappa shape index (κ3) is 2.77. The number of aromatic amines is 1. The van der Waals surface area contributed by atoms with Crippen molar-refractivity contribution in [3.63, 3.8) is 0 Å². The van der Waals surface area contributed by atoms with Gasteiger partial charge < -0.3 is 9.88 Å². The molecule has 5 rings (SSSR count). The SMILES string of the molecule is CC(C)n1c(CNC(=O)C23CC4CC(C)(CC(C)(C4)C2)C3)n[nH]c1=S. The number of H-pyrrole nitrogens is 1. The molecule has 1 amide bonds. The van der Waals surface area contributed by atoms with E-state index in [1.54, 1.807) is 0 Å². The number of nitrogens with zero attached hydrogens (tertiary/aromatic N) is 2. The number of aromatic nitrogens is 3. The van der Waals surface area contributed by atoms with Crippen LogP contribution in [0.1, 0.15) is 78.1 Å². The van der Waals surface area contributed by atoms with E-state index < -0.39 is 0 Å². The summed E-state index contributed by atoms with van der Waals surface area (Å²) in [6, 6.07) is 0.232. The van der Waals surface area contributed by atoms with Crippen molar-refractivity contribution < 1.29 is 4.79 Å². The zero-order valence-electron chi connectivity index (χ0n) is 15.8. The average molecular weight is 363 g/mol. The van der Waals surface area contributed by atoms with E-state index in [4.69, 9.17) is 12.2 Å². The summed E-state index contributed by atoms with van der Waals surface area (Å²) in [7, 11) is 0. The average Bonchev–Trinajstić information content (AvgIpc) is 2.81. The molecule has 0 radical (unpaired) electrons. The Morgan fingerprint density at radius 2 is 1.92 bits per heavy atom. The summed E-state index contributed by atoms with van der Waals surface area (Å²) in [6.07, 6.45) is 7.08. The molecule has 4 aliphatic rings. The van der Waals surface area contributed by atoms with Gasteiger partial charge >= 0.3 is 0 Å². The van der Waals surface area contributed by atoms with Crippen LogP contribution in [0.4, 0.5) is 0 Å². The van der Waals surface area contributed by atoms with Gasteiger partial charge in [0.05, 0.1) is 12.0 Å². The Labute approximate surface area is 155 Å². The molecule has 6 heteroatoms. The molecule has 1 aromatic rings. The Morgan fingerprint density at radius 1 is 1.28 bits per heavy atom. The largest absolute Gasteiger partial charge is 0.348 e. The van der Waals surface area contributed by atoms with Crippen LogP contribution in [0.5, 0.6) is 0 Å². The molecule has 4 saturated carbocycles. The van der Waals surface area contributed by atoms with E-state index in [0.717, 1.165) is 31.0 Å². The summed E-state index contributed by atoms with van der Waals surface area (Å²) in [4.78, 5) is 13.3. The number of carbonyl (C=O) groups excluding carboxylic acids is 1. The third-order valence-electron chi connectivity index (χ3n) is 6.81. The maximum absolute atomic E-state index is 13.3. The van der Waals surface area contributed by atoms with E-state index in [1.807, 2.05) is 4.57 Å². The first-order valence-electron chi connectivity index (χ1n) is 9.58. The lowest BCUT2D eigenvalue weighted by Crippen LogP contribution is -2.59. The number of hydrogen-bond acceptors (Lipinski definition) is 3. The first-order valence-corrected chi connectivity index (χ1v) is 9.99. The monoisotopic (exact) mass is 362 g/mol. The molecule has 4 fully saturated rings. The summed E-state index contributed by atoms with van der Waals surface area (Å²) in [5.74, 6) is 1.77. The molecule has 0 aliphatic heterocycles. The Balaban J connectivity index is 1.53. The summed E-state index contributed by atoms with van der Waals surface area (Å²) < 4.78 is 2.60. The van der Waals surface area contributed by atoms with Crippen molar-refractivity contribution in [3.8, 4) is 0 Å². The highest BCUT2D eigenvalue weighted by Gasteiger charge is 2.62. The van der Waals surface area contributed by atoms with E-state index in [0.29, 0.717) is 22.1 Å². The smallest absolute Gasteiger partial charge is 0.226 e. The van der Waals surface area contributed by atoms with Crippen molar-refractivity contribution >= 4 is 18.1 Å². The number of carbonyl (C=O) groups is 1. The Morgan fingerprint density at radius 3 is 2.48 bits per heavy atom. The maximum atomic E-state index is 13.3. The molecule has 0 aromatic carbocycles. The highest BCUT2D eigenvalue weighted by molar-refractivity contribution is 7.71. The van der Waals surface area contributed by atoms with Crippen molar-refractivity contribution in [2.75, 3.05) is 0 Å². The van der Waals surface area contributed by atoms with Gasteiger partial charge in [0.2, 0.25) is 5.91 Å². The van der Waals surface area contributed by atoms with Crippen LogP contribution in [-0.4, -0.2) is 20.7 Å². The Kier molecular flexibility index (Phi) is 3.74. The van der Waals surface area contributed by atoms with Crippen LogP contribution in [-0.2, 0) is 11.3 Å². The number of nitrogens with one attached hydrogen (secondary N) is 2. The minimum atomic E-state index is -0.168. The first kappa shape index (κ1) is 17.3. The van der Waals surface area contributed by atoms with Crippen LogP contribution >= 0.6 is 12.2 Å². The summed E-state index contributed by atoms with van der Waals surface area (Å²) in [6.45, 7) is 9.42. The van der Waals surface area contributed by atoms with Gasteiger partial charge in [-0.1, -0.05) is 13.8 Å². The molecular formula is C19H30N4OS. The highest BCUT2D eigenvalue weighted by Crippen LogP contribution is 2.69. The lowest BCUT2D eigenvalue weighted by atomic mass is 9.40. The summed E-state index contributed by atoms with van der Waals surface area (Å²) in [5, 5.41) is 10.4. The van der Waals surface area contributed by atoms with Crippen molar-refractivity contribution in [1.29, 1.82) is 0 Å². The van der Waals surface area contributed by atoms with Gasteiger partial charge in [0.25, 0.3) is 0 Å². The zero-order valence-corrected chi connectivity index (χ0v) is 16.6. The Bertz CT molecular complexity index is 746. The van der Waals surface area contributed by atoms with Crippen molar-refractivity contribution in [2.45, 2.75) is 78.8 Å². The molecule has 4 bridgehead atoms. The standard InChI is InChI=1S/C19H30N4OS/c1-12(2)23-14(21-22-16(23)25)8-20-15(24)19-7-13-5-17(3,10-19)9-18(4,6-13)11-19/h12-13H,5-11H2,1-4H3,(H,20,24)(H,22,25). The minimum Gasteiger partial charge on any atom is -0.348 e. The van der Waals surface area contributed by atoms with Gasteiger partial charge in [-0.2, -0.15) is 5.10 Å². The van der Waals surface area contributed by atoms with Gasteiger partial charge in [-0.15, -0.1) is 0 Å². The first-order chi connectivity index (χ1) is 11.6. The maximum Gasteiger partial charge on any atom is 0.226 e. The van der Waals surface area contributed by atoms with Crippen LogP contribution in [0.3, 0.4) is 0 Å². The molecule has 2 atom stereocenters. The fraction of sp³-hybridized carbons (Fsp3) is 0.842. The van der Waals surface area contributed by atoms with E-state index >= 15 is 0 Å². The predicted molar refractivity (Wildman–Crippen MR) is 99.5 cm³/mol. The second-order valence-electron chi connectivity index (χ2n) is 10.0. The number of amides is 1. The van der Waals surface area contributed by atoms with E-state index in [9.17, 15) is 4.79 Å². The van der Waals surface area contributed by atoms with E-state index in [1.165, 1.54) is 19.3 Å². The highest BCUT2D eigenvalue weighted by atomic mass is 32.1. The van der Waals surface area contributed by atoms with Crippen LogP contribution in [0.15, 0.2) is 0 Å². The number of hydrogen-bond donors (Lipinski definition) is 2. The van der Waals surface area contributed by atoms with Gasteiger partial charge in [0, 0.05) is 6.04 Å². The van der Waals surface area contributed by atoms with Crippen LogP contribution < -0.4 is 5.32 Å². The van der Waals surface area contributed by atoms with E-state index in [-0.39, 0.29) is 17.4 Å². The van der Waals surface area contributed by atoms with Gasteiger partial charge in [0.1, 0.15) is 0 Å². The quantitative estimate of drug-likeness (QED) is 0.792. The van der Waals surface area contributed by atoms with Crippen LogP contribution in [0, 0.1) is 26.9 Å². The molecule has 0 spiro atoms. The molecule has 2 unspecified atom stereocenters. The van der Waals surface area contributed by atoms with Gasteiger partial charge in [0.15, 0.2) is 10.6 Å². The second-order valence-corrected chi connectivity index (χ2v) is 10.4. The third-order valence-corrected chi connectivity index (χ3v) is 7.10. The second kappa shape index (κ2) is 5.41. The molecular weight excluding hydrogens is 332 g/mol. The van der Waals surface area contributed by atoms with Gasteiger partial charge in [-0.3, -0.25) is 9.89 Å². The molecule has 0 saturated heterocycles. The molecule has 138 valence electrons. The van der Waals surface area contributed by atoms with Crippen LogP contribution in [0.2, 0.25) is 0 Å². The van der Waals surface area contributed by atoms with E-state index in [2.05, 4.69) is 43.2 Å². The van der Waals surface area contributed by atoms with Gasteiger partial charge in [-0.25, -0.2) is 0 Å². The Hall–Kier alpha value is -1.17. The molecule has 25 heavy (non-hydrogen) atoms. The van der Waals surface area contributed by atoms with Crippen molar-refractivity contribution in [2.24, 2.45) is 22.2 Å². The molecule has 5 nitrogen and oxygen atoms in total. The lowest BCUT2D eigenvalue weighted by molar-refractivity contribution is -0.170. The minimum absolute atomic E-state index is 0.168. The van der Waals surface area contributed by atoms with Gasteiger partial charge in [-0.05, 0) is 81.3 Å². The molecule has 1 aromatic heterocycles. The number of rotatable bonds is 4. The van der Waals surface area contributed by atoms with Crippen molar-refractivity contribution in [1.82, 2.24) is 20.1 Å². The molecule has 2 N–H and O–H groups in total. The molecule has 1 heterocycles. The molecule has 4 aliphatic carbocycles. The topological polar surface area (TPSA) is 62.7 Å². The summed E-state index contributed by atoms with van der Waals surface area (Å²) in [5.41, 5.74) is 0.533. The fourth-order valence-corrected chi connectivity index (χ4v) is 7.40. The fourth-order valence-electron chi connectivity index (χ4n) is 7.04. The zero-order chi connectivity index (χ0) is 18.0. The lowest BCUT2D eigenvalue weighted by Gasteiger charge is -2.64. The normalized spacial score (nSPS) is 39.2.